The molecule has 0 heterocycles. The normalized spacial score (nSPS) is 13.0. The molecular weight excluding hydrogens is 409 g/mol. The third-order valence-electron chi connectivity index (χ3n) is 4.24. The summed E-state index contributed by atoms with van der Waals surface area (Å²) in [7, 11) is 0. The number of carbonyl (C=O) groups is 2. The molecule has 1 amide bonds. The van der Waals surface area contributed by atoms with Crippen molar-refractivity contribution in [3.63, 3.8) is 0 Å². The van der Waals surface area contributed by atoms with Gasteiger partial charge in [0.25, 0.3) is 0 Å². The Hall–Kier alpha value is -2.04. The Labute approximate surface area is 182 Å². The maximum atomic E-state index is 13.3. The Bertz CT molecular complexity index is 894. The van der Waals surface area contributed by atoms with E-state index in [2.05, 4.69) is 26.1 Å². The molecule has 0 saturated carbocycles. The summed E-state index contributed by atoms with van der Waals surface area (Å²) in [4.78, 5) is 25.6. The summed E-state index contributed by atoms with van der Waals surface area (Å²) in [6.45, 7) is 11.6. The van der Waals surface area contributed by atoms with Gasteiger partial charge in [-0.2, -0.15) is 0 Å². The second kappa shape index (κ2) is 8.76. The smallest absolute Gasteiger partial charge is 0.408 e. The lowest BCUT2D eigenvalue weighted by Gasteiger charge is -2.24. The molecule has 4 nitrogen and oxygen atoms in total. The molecule has 0 radical (unpaired) electrons. The predicted octanol–water partition coefficient (Wildman–Crippen LogP) is 6.74. The van der Waals surface area contributed by atoms with Crippen molar-refractivity contribution < 1.29 is 14.3 Å². The molecule has 2 aromatic carbocycles. The van der Waals surface area contributed by atoms with E-state index in [9.17, 15) is 9.59 Å². The minimum absolute atomic E-state index is 0.0283. The lowest BCUT2D eigenvalue weighted by atomic mass is 9.86. The van der Waals surface area contributed by atoms with Gasteiger partial charge in [-0.3, -0.25) is 4.79 Å². The number of ether oxygens (including phenoxy) is 1. The molecule has 0 aliphatic rings. The summed E-state index contributed by atoms with van der Waals surface area (Å²) in [5.74, 6) is -0.269. The van der Waals surface area contributed by atoms with E-state index in [1.165, 1.54) is 0 Å². The number of rotatable bonds is 4. The van der Waals surface area contributed by atoms with Gasteiger partial charge in [0.15, 0.2) is 5.78 Å². The average Bonchev–Trinajstić information content (AvgIpc) is 2.59. The van der Waals surface area contributed by atoms with E-state index in [0.29, 0.717) is 21.2 Å². The molecule has 0 aromatic heterocycles. The Balaban J connectivity index is 2.39. The van der Waals surface area contributed by atoms with Gasteiger partial charge < -0.3 is 10.1 Å². The highest BCUT2D eigenvalue weighted by Gasteiger charge is 2.27. The number of carbonyl (C=O) groups excluding carboxylic acids is 2. The van der Waals surface area contributed by atoms with E-state index in [0.717, 1.165) is 5.56 Å². The van der Waals surface area contributed by atoms with Crippen molar-refractivity contribution in [3.05, 3.63) is 69.2 Å². The number of hydrogen-bond donors (Lipinski definition) is 1. The highest BCUT2D eigenvalue weighted by Crippen LogP contribution is 2.29. The number of Topliss-reactive ketones (excluding diaryl/α,β-unsaturated/α-hetero) is 1. The molecule has 0 aliphatic carbocycles. The van der Waals surface area contributed by atoms with E-state index in [1.54, 1.807) is 51.1 Å². The van der Waals surface area contributed by atoms with Crippen LogP contribution in [0.1, 0.15) is 69.1 Å². The number of nitrogens with one attached hydrogen (secondary N) is 1. The lowest BCUT2D eigenvalue weighted by Crippen LogP contribution is -2.38. The summed E-state index contributed by atoms with van der Waals surface area (Å²) in [6, 6.07) is 11.3. The number of ketones is 1. The Morgan fingerprint density at radius 3 is 1.97 bits per heavy atom. The van der Waals surface area contributed by atoms with E-state index >= 15 is 0 Å². The van der Waals surface area contributed by atoms with Crippen LogP contribution in [0.2, 0.25) is 10.0 Å². The maximum Gasteiger partial charge on any atom is 0.408 e. The second-order valence-electron chi connectivity index (χ2n) is 8.94. The molecule has 156 valence electrons. The summed E-state index contributed by atoms with van der Waals surface area (Å²) < 4.78 is 5.33. The average molecular weight is 436 g/mol. The number of halogens is 2. The number of amides is 1. The number of alkyl carbamates (subject to hydrolysis) is 1. The van der Waals surface area contributed by atoms with E-state index < -0.39 is 17.7 Å². The molecule has 2 rings (SSSR count). The van der Waals surface area contributed by atoms with Gasteiger partial charge in [-0.15, -0.1) is 0 Å². The molecule has 0 fully saturated rings. The topological polar surface area (TPSA) is 55.4 Å². The molecule has 0 saturated heterocycles. The highest BCUT2D eigenvalue weighted by atomic mass is 35.5. The predicted molar refractivity (Wildman–Crippen MR) is 118 cm³/mol. The molecule has 0 bridgehead atoms. The van der Waals surface area contributed by atoms with Gasteiger partial charge in [0, 0.05) is 5.56 Å². The molecule has 0 aliphatic heterocycles. The van der Waals surface area contributed by atoms with Crippen LogP contribution in [0.15, 0.2) is 42.5 Å². The first-order chi connectivity index (χ1) is 13.3. The standard InChI is InChI=1S/C23H27Cl2NO3/c1-22(2,3)16-10-7-14(8-11-16)20(27)19(26-21(28)29-23(4,5)6)15-9-12-17(24)18(25)13-15/h7-13,19H,1-6H3,(H,26,28). The SMILES string of the molecule is CC(C)(C)OC(=O)NC(C(=O)c1ccc(C(C)(C)C)cc1)c1ccc(Cl)c(Cl)c1. The lowest BCUT2D eigenvalue weighted by molar-refractivity contribution is 0.0491. The van der Waals surface area contributed by atoms with Crippen LogP contribution < -0.4 is 5.32 Å². The summed E-state index contributed by atoms with van der Waals surface area (Å²) in [5, 5.41) is 3.34. The molecule has 6 heteroatoms. The van der Waals surface area contributed by atoms with Gasteiger partial charge >= 0.3 is 6.09 Å². The number of hydrogen-bond acceptors (Lipinski definition) is 3. The van der Waals surface area contributed by atoms with Crippen LogP contribution in [0, 0.1) is 0 Å². The van der Waals surface area contributed by atoms with Crippen LogP contribution in [0.5, 0.6) is 0 Å². The van der Waals surface area contributed by atoms with Gasteiger partial charge in [-0.05, 0) is 49.4 Å². The fourth-order valence-corrected chi connectivity index (χ4v) is 3.03. The minimum Gasteiger partial charge on any atom is -0.444 e. The highest BCUT2D eigenvalue weighted by molar-refractivity contribution is 6.42. The zero-order chi connectivity index (χ0) is 22.0. The van der Waals surface area contributed by atoms with Crippen LogP contribution in [0.25, 0.3) is 0 Å². The van der Waals surface area contributed by atoms with Crippen molar-refractivity contribution in [3.8, 4) is 0 Å². The van der Waals surface area contributed by atoms with Gasteiger partial charge in [-0.1, -0.05) is 74.3 Å². The summed E-state index contributed by atoms with van der Waals surface area (Å²) in [6.07, 6.45) is -0.687. The first kappa shape index (κ1) is 23.2. The molecule has 1 unspecified atom stereocenters. The number of benzene rings is 2. The van der Waals surface area contributed by atoms with Gasteiger partial charge in [-0.25, -0.2) is 4.79 Å². The third-order valence-corrected chi connectivity index (χ3v) is 4.97. The van der Waals surface area contributed by atoms with Crippen LogP contribution >= 0.6 is 23.2 Å². The largest absolute Gasteiger partial charge is 0.444 e. The molecule has 0 spiro atoms. The van der Waals surface area contributed by atoms with Crippen molar-refractivity contribution >= 4 is 35.1 Å². The quantitative estimate of drug-likeness (QED) is 0.540. The Kier molecular flexibility index (Phi) is 7.02. The zero-order valence-corrected chi connectivity index (χ0v) is 19.1. The van der Waals surface area contributed by atoms with Crippen LogP contribution in [-0.2, 0) is 10.2 Å². The first-order valence-corrected chi connectivity index (χ1v) is 10.1. The van der Waals surface area contributed by atoms with Crippen LogP contribution in [0.3, 0.4) is 0 Å². The zero-order valence-electron chi connectivity index (χ0n) is 17.6. The molecule has 2 aromatic rings. The van der Waals surface area contributed by atoms with Gasteiger partial charge in [0.2, 0.25) is 0 Å². The summed E-state index contributed by atoms with van der Waals surface area (Å²) >= 11 is 12.1. The minimum atomic E-state index is -0.958. The Morgan fingerprint density at radius 1 is 0.897 bits per heavy atom. The van der Waals surface area contributed by atoms with E-state index in [1.807, 2.05) is 12.1 Å². The van der Waals surface area contributed by atoms with Crippen molar-refractivity contribution in [2.24, 2.45) is 0 Å². The van der Waals surface area contributed by atoms with Crippen molar-refractivity contribution in [2.45, 2.75) is 58.6 Å². The molecule has 29 heavy (non-hydrogen) atoms. The fourth-order valence-electron chi connectivity index (χ4n) is 2.72. The Morgan fingerprint density at radius 2 is 1.48 bits per heavy atom. The van der Waals surface area contributed by atoms with Crippen LogP contribution in [0.4, 0.5) is 4.79 Å². The molecular formula is C23H27Cl2NO3. The fraction of sp³-hybridized carbons (Fsp3) is 0.391. The second-order valence-corrected chi connectivity index (χ2v) is 9.76. The van der Waals surface area contributed by atoms with Crippen LogP contribution in [-0.4, -0.2) is 17.5 Å². The third kappa shape index (κ3) is 6.48. The van der Waals surface area contributed by atoms with Crippen molar-refractivity contribution in [2.75, 3.05) is 0 Å². The molecule has 1 atom stereocenters. The van der Waals surface area contributed by atoms with Gasteiger partial charge in [0.05, 0.1) is 10.0 Å². The summed E-state index contributed by atoms with van der Waals surface area (Å²) in [5.41, 5.74) is 1.39. The van der Waals surface area contributed by atoms with Crippen molar-refractivity contribution in [1.82, 2.24) is 5.32 Å². The first-order valence-electron chi connectivity index (χ1n) is 9.37. The van der Waals surface area contributed by atoms with Crippen molar-refractivity contribution in [1.29, 1.82) is 0 Å². The maximum absolute atomic E-state index is 13.3. The monoisotopic (exact) mass is 435 g/mol. The van der Waals surface area contributed by atoms with E-state index in [4.69, 9.17) is 27.9 Å². The van der Waals surface area contributed by atoms with Gasteiger partial charge in [0.1, 0.15) is 11.6 Å². The molecule has 1 N–H and O–H groups in total. The van der Waals surface area contributed by atoms with E-state index in [-0.39, 0.29) is 11.2 Å².